The maximum atomic E-state index is 6.10. The van der Waals surface area contributed by atoms with Gasteiger partial charge in [-0.3, -0.25) is 4.99 Å². The van der Waals surface area contributed by atoms with E-state index in [1.54, 1.807) is 7.05 Å². The van der Waals surface area contributed by atoms with Gasteiger partial charge >= 0.3 is 0 Å². The van der Waals surface area contributed by atoms with Gasteiger partial charge in [-0.05, 0) is 43.5 Å². The quantitative estimate of drug-likeness (QED) is 0.225. The predicted molar refractivity (Wildman–Crippen MR) is 139 cm³/mol. The Balaban J connectivity index is 0.00000289. The third kappa shape index (κ3) is 6.59. The Labute approximate surface area is 206 Å². The fraction of sp³-hybridized carbons (Fsp3) is 0.417. The van der Waals surface area contributed by atoms with Gasteiger partial charge in [0.2, 0.25) is 0 Å². The molecule has 1 atom stereocenters. The molecule has 1 saturated heterocycles. The van der Waals surface area contributed by atoms with Crippen LogP contribution in [0.1, 0.15) is 29.8 Å². The van der Waals surface area contributed by atoms with Gasteiger partial charge in [0.25, 0.3) is 0 Å². The number of hydrogen-bond acceptors (Lipinski definition) is 4. The van der Waals surface area contributed by atoms with E-state index >= 15 is 0 Å². The van der Waals surface area contributed by atoms with Gasteiger partial charge in [0.15, 0.2) is 5.96 Å². The van der Waals surface area contributed by atoms with E-state index in [-0.39, 0.29) is 30.1 Å². The second-order valence-electron chi connectivity index (χ2n) is 7.86. The summed E-state index contributed by atoms with van der Waals surface area (Å²) in [6.07, 6.45) is 3.18. The van der Waals surface area contributed by atoms with Crippen LogP contribution in [0.25, 0.3) is 11.0 Å². The molecule has 1 aliphatic rings. The highest BCUT2D eigenvalue weighted by Crippen LogP contribution is 2.22. The fourth-order valence-electron chi connectivity index (χ4n) is 3.72. The van der Waals surface area contributed by atoms with Crippen molar-refractivity contribution in [2.24, 2.45) is 4.99 Å². The molecular weight excluding hydrogens is 517 g/mol. The molecule has 32 heavy (non-hydrogen) atoms. The van der Waals surface area contributed by atoms with E-state index in [0.717, 1.165) is 66.5 Å². The number of ether oxygens (including phenoxy) is 2. The van der Waals surface area contributed by atoms with Crippen molar-refractivity contribution in [1.82, 2.24) is 20.6 Å². The summed E-state index contributed by atoms with van der Waals surface area (Å²) in [7, 11) is 1.78. The normalized spacial score (nSPS) is 16.1. The number of benzene rings is 2. The van der Waals surface area contributed by atoms with Crippen LogP contribution in [0, 0.1) is 6.92 Å². The van der Waals surface area contributed by atoms with Crippen molar-refractivity contribution < 1.29 is 9.47 Å². The van der Waals surface area contributed by atoms with E-state index in [1.807, 2.05) is 24.3 Å². The summed E-state index contributed by atoms with van der Waals surface area (Å²) >= 11 is 0. The van der Waals surface area contributed by atoms with Gasteiger partial charge in [-0.2, -0.15) is 0 Å². The molecule has 0 spiro atoms. The van der Waals surface area contributed by atoms with Crippen molar-refractivity contribution >= 4 is 41.0 Å². The Morgan fingerprint density at radius 3 is 2.91 bits per heavy atom. The van der Waals surface area contributed by atoms with Gasteiger partial charge in [0, 0.05) is 38.7 Å². The lowest BCUT2D eigenvalue weighted by Crippen LogP contribution is -2.38. The first-order valence-electron chi connectivity index (χ1n) is 10.9. The van der Waals surface area contributed by atoms with Crippen LogP contribution in [0.2, 0.25) is 0 Å². The highest BCUT2D eigenvalue weighted by molar-refractivity contribution is 14.0. The molecule has 1 fully saturated rings. The number of rotatable bonds is 8. The van der Waals surface area contributed by atoms with E-state index < -0.39 is 0 Å². The second kappa shape index (κ2) is 12.1. The first-order valence-corrected chi connectivity index (χ1v) is 10.9. The number of aromatic nitrogens is 2. The molecule has 0 aliphatic carbocycles. The summed E-state index contributed by atoms with van der Waals surface area (Å²) in [5.74, 6) is 2.62. The number of para-hydroxylation sites is 2. The van der Waals surface area contributed by atoms with Crippen molar-refractivity contribution in [3.8, 4) is 5.75 Å². The van der Waals surface area contributed by atoms with Crippen molar-refractivity contribution in [3.05, 3.63) is 59.4 Å². The molecule has 172 valence electrons. The minimum absolute atomic E-state index is 0. The van der Waals surface area contributed by atoms with E-state index in [4.69, 9.17) is 9.47 Å². The van der Waals surface area contributed by atoms with Crippen LogP contribution in [0.15, 0.2) is 47.5 Å². The number of aromatic amines is 1. The van der Waals surface area contributed by atoms with Crippen LogP contribution in [0.5, 0.6) is 5.75 Å². The third-order valence-corrected chi connectivity index (χ3v) is 5.43. The molecule has 4 rings (SSSR count). The molecular formula is C24H32IN5O2. The number of halogens is 1. The number of guanidine groups is 1. The Kier molecular flexibility index (Phi) is 9.16. The molecule has 1 aliphatic heterocycles. The summed E-state index contributed by atoms with van der Waals surface area (Å²) in [5, 5.41) is 6.74. The summed E-state index contributed by atoms with van der Waals surface area (Å²) in [6.45, 7) is 4.88. The molecule has 1 aromatic heterocycles. The molecule has 3 aromatic rings. The number of nitrogens with zero attached hydrogens (tertiary/aromatic N) is 2. The van der Waals surface area contributed by atoms with Crippen LogP contribution >= 0.6 is 24.0 Å². The number of aliphatic imine (C=N–C) groups is 1. The minimum Gasteiger partial charge on any atom is -0.491 e. The monoisotopic (exact) mass is 549 g/mol. The lowest BCUT2D eigenvalue weighted by Gasteiger charge is -2.17. The Hall–Kier alpha value is -2.33. The minimum atomic E-state index is 0. The summed E-state index contributed by atoms with van der Waals surface area (Å²) < 4.78 is 11.8. The van der Waals surface area contributed by atoms with E-state index in [2.05, 4.69) is 50.7 Å². The fourth-order valence-corrected chi connectivity index (χ4v) is 3.72. The average Bonchev–Trinajstić information content (AvgIpc) is 3.45. The topological polar surface area (TPSA) is 83.6 Å². The van der Waals surface area contributed by atoms with Crippen LogP contribution in [-0.2, 0) is 17.7 Å². The third-order valence-electron chi connectivity index (χ3n) is 5.43. The molecule has 8 heteroatoms. The van der Waals surface area contributed by atoms with Crippen molar-refractivity contribution in [2.45, 2.75) is 38.8 Å². The van der Waals surface area contributed by atoms with Gasteiger partial charge in [-0.25, -0.2) is 4.98 Å². The molecule has 0 saturated carbocycles. The number of imidazole rings is 1. The first kappa shape index (κ1) is 24.3. The molecule has 3 N–H and O–H groups in total. The Morgan fingerprint density at radius 1 is 1.25 bits per heavy atom. The zero-order valence-corrected chi connectivity index (χ0v) is 21.0. The van der Waals surface area contributed by atoms with Gasteiger partial charge in [-0.15, -0.1) is 24.0 Å². The average molecular weight is 549 g/mol. The number of H-pyrrole nitrogens is 1. The van der Waals surface area contributed by atoms with Crippen LogP contribution in [0.3, 0.4) is 0 Å². The SMILES string of the molecule is CN=C(NCCc1nc2ccccc2[nH]1)NCc1ccc(C)cc1OCC1CCCO1.I. The molecule has 7 nitrogen and oxygen atoms in total. The summed E-state index contributed by atoms with van der Waals surface area (Å²) in [4.78, 5) is 12.3. The zero-order chi connectivity index (χ0) is 21.5. The predicted octanol–water partition coefficient (Wildman–Crippen LogP) is 3.95. The van der Waals surface area contributed by atoms with Crippen molar-refractivity contribution in [2.75, 3.05) is 26.8 Å². The van der Waals surface area contributed by atoms with Gasteiger partial charge < -0.3 is 25.1 Å². The van der Waals surface area contributed by atoms with Crippen molar-refractivity contribution in [3.63, 3.8) is 0 Å². The molecule has 2 heterocycles. The maximum absolute atomic E-state index is 6.10. The van der Waals surface area contributed by atoms with E-state index in [9.17, 15) is 0 Å². The number of hydrogen-bond donors (Lipinski definition) is 3. The van der Waals surface area contributed by atoms with Gasteiger partial charge in [0.05, 0.1) is 17.1 Å². The Bertz CT molecular complexity index is 997. The maximum Gasteiger partial charge on any atom is 0.191 e. The molecule has 0 bridgehead atoms. The van der Waals surface area contributed by atoms with E-state index in [0.29, 0.717) is 13.2 Å². The zero-order valence-electron chi connectivity index (χ0n) is 18.7. The number of nitrogens with one attached hydrogen (secondary N) is 3. The van der Waals surface area contributed by atoms with Gasteiger partial charge in [-0.1, -0.05) is 24.3 Å². The summed E-state index contributed by atoms with van der Waals surface area (Å²) in [5.41, 5.74) is 4.34. The highest BCUT2D eigenvalue weighted by atomic mass is 127. The largest absolute Gasteiger partial charge is 0.491 e. The van der Waals surface area contributed by atoms with Crippen LogP contribution in [0.4, 0.5) is 0 Å². The summed E-state index contributed by atoms with van der Waals surface area (Å²) in [6, 6.07) is 14.4. The second-order valence-corrected chi connectivity index (χ2v) is 7.86. The lowest BCUT2D eigenvalue weighted by atomic mass is 10.1. The molecule has 0 radical (unpaired) electrons. The van der Waals surface area contributed by atoms with Gasteiger partial charge in [0.1, 0.15) is 18.2 Å². The standard InChI is InChI=1S/C24H31N5O2.HI/c1-17-9-10-18(22(14-17)31-16-19-6-5-13-30-19)15-27-24(25-2)26-12-11-23-28-20-7-3-4-8-21(20)29-23;/h3-4,7-10,14,19H,5-6,11-13,15-16H2,1-2H3,(H,28,29)(H2,25,26,27);1H. The smallest absolute Gasteiger partial charge is 0.191 e. The van der Waals surface area contributed by atoms with Crippen LogP contribution < -0.4 is 15.4 Å². The first-order chi connectivity index (χ1) is 15.2. The lowest BCUT2D eigenvalue weighted by molar-refractivity contribution is 0.0676. The molecule has 1 unspecified atom stereocenters. The molecule has 0 amide bonds. The van der Waals surface area contributed by atoms with Crippen molar-refractivity contribution in [1.29, 1.82) is 0 Å². The number of aryl methyl sites for hydroxylation is 1. The van der Waals surface area contributed by atoms with E-state index in [1.165, 1.54) is 5.56 Å². The Morgan fingerprint density at radius 2 is 2.12 bits per heavy atom. The van der Waals surface area contributed by atoms with Crippen LogP contribution in [-0.4, -0.2) is 48.8 Å². The number of fused-ring (bicyclic) bond motifs is 1. The molecule has 2 aromatic carbocycles. The highest BCUT2D eigenvalue weighted by Gasteiger charge is 2.17.